The van der Waals surface area contributed by atoms with Crippen LogP contribution in [-0.2, 0) is 16.6 Å². The molecule has 1 N–H and O–H groups in total. The van der Waals surface area contributed by atoms with Gasteiger partial charge in [0.25, 0.3) is 0 Å². The van der Waals surface area contributed by atoms with E-state index < -0.39 is 12.0 Å². The van der Waals surface area contributed by atoms with Crippen LogP contribution < -0.4 is 5.32 Å². The van der Waals surface area contributed by atoms with Gasteiger partial charge in [-0.05, 0) is 20.3 Å². The highest BCUT2D eigenvalue weighted by Gasteiger charge is 2.41. The maximum atomic E-state index is 12.8. The zero-order valence-corrected chi connectivity index (χ0v) is 14.2. The Morgan fingerprint density at radius 2 is 2.12 bits per heavy atom. The molecule has 8 nitrogen and oxygen atoms in total. The SMILES string of the molecule is Cc1noc(NC(=O)[C@H]2CCC(=O)N(C)[C@@H]2c2nccn2C)c1C. The van der Waals surface area contributed by atoms with Crippen LogP contribution in [0.25, 0.3) is 0 Å². The quantitative estimate of drug-likeness (QED) is 0.921. The Morgan fingerprint density at radius 3 is 2.71 bits per heavy atom. The van der Waals surface area contributed by atoms with Gasteiger partial charge in [0, 0.05) is 38.5 Å². The highest BCUT2D eigenvalue weighted by molar-refractivity contribution is 5.94. The van der Waals surface area contributed by atoms with Crippen LogP contribution >= 0.6 is 0 Å². The lowest BCUT2D eigenvalue weighted by Crippen LogP contribution is -2.45. The Hall–Kier alpha value is -2.64. The zero-order chi connectivity index (χ0) is 17.4. The number of nitrogens with zero attached hydrogens (tertiary/aromatic N) is 4. The fourth-order valence-electron chi connectivity index (χ4n) is 3.06. The maximum absolute atomic E-state index is 12.8. The molecule has 128 valence electrons. The molecule has 8 heteroatoms. The molecule has 3 rings (SSSR count). The van der Waals surface area contributed by atoms with Gasteiger partial charge in [-0.25, -0.2) is 4.98 Å². The van der Waals surface area contributed by atoms with Crippen LogP contribution in [0.4, 0.5) is 5.88 Å². The van der Waals surface area contributed by atoms with Crippen LogP contribution in [0.3, 0.4) is 0 Å². The van der Waals surface area contributed by atoms with E-state index in [1.807, 2.05) is 25.5 Å². The molecule has 2 aromatic heterocycles. The minimum absolute atomic E-state index is 0.0127. The first-order valence-corrected chi connectivity index (χ1v) is 7.86. The maximum Gasteiger partial charge on any atom is 0.234 e. The number of anilines is 1. The molecule has 0 unspecified atom stereocenters. The van der Waals surface area contributed by atoms with Gasteiger partial charge in [-0.3, -0.25) is 14.9 Å². The molecule has 3 heterocycles. The van der Waals surface area contributed by atoms with Crippen molar-refractivity contribution in [1.82, 2.24) is 19.6 Å². The van der Waals surface area contributed by atoms with Crippen LogP contribution in [0, 0.1) is 19.8 Å². The first kappa shape index (κ1) is 16.2. The number of hydrogen-bond donors (Lipinski definition) is 1. The van der Waals surface area contributed by atoms with Crippen LogP contribution in [0.15, 0.2) is 16.9 Å². The molecule has 1 fully saturated rings. The smallest absolute Gasteiger partial charge is 0.234 e. The topological polar surface area (TPSA) is 93.3 Å². The predicted octanol–water partition coefficient (Wildman–Crippen LogP) is 1.57. The van der Waals surface area contributed by atoms with Crippen molar-refractivity contribution in [3.05, 3.63) is 29.5 Å². The van der Waals surface area contributed by atoms with E-state index >= 15 is 0 Å². The standard InChI is InChI=1S/C16H21N5O3/c1-9-10(2)19-24-16(9)18-15(23)11-5-6-12(22)21(4)13(11)14-17-7-8-20(14)3/h7-8,11,13H,5-6H2,1-4H3,(H,18,23)/t11-,13-/m0/s1. The Labute approximate surface area is 139 Å². The van der Waals surface area contributed by atoms with Gasteiger partial charge >= 0.3 is 0 Å². The second-order valence-corrected chi connectivity index (χ2v) is 6.20. The van der Waals surface area contributed by atoms with Gasteiger partial charge in [0.1, 0.15) is 11.9 Å². The molecule has 0 bridgehead atoms. The van der Waals surface area contributed by atoms with Crippen LogP contribution in [-0.4, -0.2) is 38.5 Å². The minimum Gasteiger partial charge on any atom is -0.338 e. The second kappa shape index (κ2) is 6.10. The van der Waals surface area contributed by atoms with Gasteiger partial charge in [0.05, 0.1) is 11.6 Å². The largest absolute Gasteiger partial charge is 0.338 e. The number of aromatic nitrogens is 3. The summed E-state index contributed by atoms with van der Waals surface area (Å²) >= 11 is 0. The molecule has 1 aliphatic rings. The molecule has 0 aliphatic carbocycles. The van der Waals surface area contributed by atoms with Crippen molar-refractivity contribution < 1.29 is 14.1 Å². The molecule has 1 aliphatic heterocycles. The number of hydrogen-bond acceptors (Lipinski definition) is 5. The zero-order valence-electron chi connectivity index (χ0n) is 14.2. The summed E-state index contributed by atoms with van der Waals surface area (Å²) in [5.74, 6) is 0.464. The van der Waals surface area contributed by atoms with E-state index in [9.17, 15) is 9.59 Å². The molecule has 2 atom stereocenters. The number of carbonyl (C=O) groups is 2. The summed E-state index contributed by atoms with van der Waals surface area (Å²) in [6.07, 6.45) is 4.28. The number of imidazole rings is 1. The molecule has 0 saturated carbocycles. The molecule has 2 amide bonds. The van der Waals surface area contributed by atoms with E-state index in [0.29, 0.717) is 24.6 Å². The lowest BCUT2D eigenvalue weighted by molar-refractivity contribution is -0.140. The number of piperidine rings is 1. The van der Waals surface area contributed by atoms with Crippen LogP contribution in [0.5, 0.6) is 0 Å². The van der Waals surface area contributed by atoms with Gasteiger partial charge in [-0.2, -0.15) is 0 Å². The number of aryl methyl sites for hydroxylation is 2. The normalized spacial score (nSPS) is 21.2. The fourth-order valence-corrected chi connectivity index (χ4v) is 3.06. The molecule has 0 radical (unpaired) electrons. The third kappa shape index (κ3) is 2.68. The van der Waals surface area contributed by atoms with Crippen molar-refractivity contribution in [2.75, 3.05) is 12.4 Å². The molecule has 24 heavy (non-hydrogen) atoms. The minimum atomic E-state index is -0.407. The number of rotatable bonds is 3. The Kier molecular flexibility index (Phi) is 4.13. The molecule has 2 aromatic rings. The average molecular weight is 331 g/mol. The van der Waals surface area contributed by atoms with Gasteiger partial charge in [0.2, 0.25) is 17.7 Å². The first-order chi connectivity index (χ1) is 11.4. The van der Waals surface area contributed by atoms with Crippen LogP contribution in [0.1, 0.15) is 36.0 Å². The highest BCUT2D eigenvalue weighted by atomic mass is 16.5. The Morgan fingerprint density at radius 1 is 1.38 bits per heavy atom. The molecule has 0 spiro atoms. The summed E-state index contributed by atoms with van der Waals surface area (Å²) in [4.78, 5) is 30.9. The van der Waals surface area contributed by atoms with E-state index in [-0.39, 0.29) is 11.8 Å². The van der Waals surface area contributed by atoms with Crippen molar-refractivity contribution >= 4 is 17.7 Å². The van der Waals surface area contributed by atoms with Crippen molar-refractivity contribution in [3.63, 3.8) is 0 Å². The lowest BCUT2D eigenvalue weighted by atomic mass is 9.87. The fraction of sp³-hybridized carbons (Fsp3) is 0.500. The molecule has 0 aromatic carbocycles. The van der Waals surface area contributed by atoms with Gasteiger partial charge in [0.15, 0.2) is 0 Å². The summed E-state index contributed by atoms with van der Waals surface area (Å²) in [7, 11) is 3.57. The van der Waals surface area contributed by atoms with E-state index in [0.717, 1.165) is 11.3 Å². The van der Waals surface area contributed by atoms with Crippen molar-refractivity contribution in [1.29, 1.82) is 0 Å². The van der Waals surface area contributed by atoms with Crippen LogP contribution in [0.2, 0.25) is 0 Å². The Balaban J connectivity index is 1.89. The average Bonchev–Trinajstić information content (AvgIpc) is 3.10. The summed E-state index contributed by atoms with van der Waals surface area (Å²) < 4.78 is 7.01. The van der Waals surface area contributed by atoms with Crippen molar-refractivity contribution in [2.45, 2.75) is 32.7 Å². The van der Waals surface area contributed by atoms with Crippen molar-refractivity contribution in [3.8, 4) is 0 Å². The summed E-state index contributed by atoms with van der Waals surface area (Å²) in [6, 6.07) is -0.407. The number of amides is 2. The van der Waals surface area contributed by atoms with E-state index in [1.54, 1.807) is 24.3 Å². The van der Waals surface area contributed by atoms with Gasteiger partial charge < -0.3 is 14.0 Å². The molecule has 1 saturated heterocycles. The summed E-state index contributed by atoms with van der Waals surface area (Å²) in [5, 5.41) is 6.66. The Bertz CT molecular complexity index is 779. The van der Waals surface area contributed by atoms with E-state index in [2.05, 4.69) is 15.5 Å². The van der Waals surface area contributed by atoms with Gasteiger partial charge in [-0.1, -0.05) is 5.16 Å². The predicted molar refractivity (Wildman–Crippen MR) is 86.0 cm³/mol. The molecular formula is C16H21N5O3. The second-order valence-electron chi connectivity index (χ2n) is 6.20. The van der Waals surface area contributed by atoms with Gasteiger partial charge in [-0.15, -0.1) is 0 Å². The number of likely N-dealkylation sites (tertiary alicyclic amines) is 1. The molecular weight excluding hydrogens is 310 g/mol. The monoisotopic (exact) mass is 331 g/mol. The summed E-state index contributed by atoms with van der Waals surface area (Å²) in [5.41, 5.74) is 1.54. The lowest BCUT2D eigenvalue weighted by Gasteiger charge is -2.37. The highest BCUT2D eigenvalue weighted by Crippen LogP contribution is 2.35. The number of nitrogens with one attached hydrogen (secondary N) is 1. The first-order valence-electron chi connectivity index (χ1n) is 7.86. The number of carbonyl (C=O) groups excluding carboxylic acids is 2. The van der Waals surface area contributed by atoms with Crippen molar-refractivity contribution in [2.24, 2.45) is 13.0 Å². The van der Waals surface area contributed by atoms with E-state index in [1.165, 1.54) is 0 Å². The third-order valence-electron chi connectivity index (χ3n) is 4.71. The third-order valence-corrected chi connectivity index (χ3v) is 4.71. The van der Waals surface area contributed by atoms with E-state index in [4.69, 9.17) is 4.52 Å². The summed E-state index contributed by atoms with van der Waals surface area (Å²) in [6.45, 7) is 3.66.